The molecule has 2 aromatic rings. The maximum absolute atomic E-state index is 6.03. The molecule has 1 atom stereocenters. The Kier molecular flexibility index (Phi) is 2.63. The summed E-state index contributed by atoms with van der Waals surface area (Å²) in [5.74, 6) is 0.873. The number of nitrogens with two attached hydrogens (primary N) is 1. The molecule has 1 unspecified atom stereocenters. The van der Waals surface area contributed by atoms with Crippen LogP contribution in [0.15, 0.2) is 28.9 Å². The minimum absolute atomic E-state index is 0.134. The molecule has 2 heterocycles. The summed E-state index contributed by atoms with van der Waals surface area (Å²) < 4.78 is 5.97. The standard InChI is InChI=1S/C10H10ClNOS/c1-6-4-7(5-13-6)10(12)8-2-3-9(11)14-8/h2-5,10H,12H2,1H3. The summed E-state index contributed by atoms with van der Waals surface area (Å²) in [4.78, 5) is 1.05. The van der Waals surface area contributed by atoms with Gasteiger partial charge in [-0.3, -0.25) is 0 Å². The molecule has 2 aromatic heterocycles. The molecule has 0 aliphatic heterocycles. The maximum atomic E-state index is 6.03. The Morgan fingerprint density at radius 1 is 1.50 bits per heavy atom. The van der Waals surface area contributed by atoms with Crippen LogP contribution in [0.3, 0.4) is 0 Å². The predicted molar refractivity (Wildman–Crippen MR) is 58.8 cm³/mol. The van der Waals surface area contributed by atoms with Crippen molar-refractivity contribution in [3.05, 3.63) is 45.0 Å². The minimum Gasteiger partial charge on any atom is -0.469 e. The summed E-state index contributed by atoms with van der Waals surface area (Å²) in [6, 6.07) is 5.61. The zero-order valence-corrected chi connectivity index (χ0v) is 9.23. The van der Waals surface area contributed by atoms with E-state index in [1.165, 1.54) is 11.3 Å². The van der Waals surface area contributed by atoms with Crippen molar-refractivity contribution in [2.75, 3.05) is 0 Å². The average Bonchev–Trinajstić information content (AvgIpc) is 2.73. The van der Waals surface area contributed by atoms with E-state index in [4.69, 9.17) is 21.8 Å². The second kappa shape index (κ2) is 3.77. The van der Waals surface area contributed by atoms with Gasteiger partial charge in [0.1, 0.15) is 5.76 Å². The molecule has 0 fully saturated rings. The van der Waals surface area contributed by atoms with Gasteiger partial charge in [0, 0.05) is 10.4 Å². The molecule has 0 saturated carbocycles. The van der Waals surface area contributed by atoms with Gasteiger partial charge in [-0.25, -0.2) is 0 Å². The Hall–Kier alpha value is -0.770. The fraction of sp³-hybridized carbons (Fsp3) is 0.200. The van der Waals surface area contributed by atoms with Gasteiger partial charge < -0.3 is 10.2 Å². The summed E-state index contributed by atoms with van der Waals surface area (Å²) in [7, 11) is 0. The highest BCUT2D eigenvalue weighted by Gasteiger charge is 2.13. The number of rotatable bonds is 2. The molecule has 2 nitrogen and oxygen atoms in total. The molecule has 0 aliphatic rings. The molecule has 4 heteroatoms. The normalized spacial score (nSPS) is 13.1. The van der Waals surface area contributed by atoms with Crippen molar-refractivity contribution in [3.8, 4) is 0 Å². The molecule has 14 heavy (non-hydrogen) atoms. The van der Waals surface area contributed by atoms with Crippen LogP contribution in [-0.2, 0) is 0 Å². The Morgan fingerprint density at radius 2 is 2.29 bits per heavy atom. The van der Waals surface area contributed by atoms with Crippen molar-refractivity contribution in [2.24, 2.45) is 5.73 Å². The van der Waals surface area contributed by atoms with Crippen molar-refractivity contribution in [3.63, 3.8) is 0 Å². The van der Waals surface area contributed by atoms with Gasteiger partial charge >= 0.3 is 0 Å². The van der Waals surface area contributed by atoms with Crippen molar-refractivity contribution in [2.45, 2.75) is 13.0 Å². The van der Waals surface area contributed by atoms with Gasteiger partial charge in [-0.15, -0.1) is 11.3 Å². The SMILES string of the molecule is Cc1cc(C(N)c2ccc(Cl)s2)co1. The topological polar surface area (TPSA) is 39.2 Å². The van der Waals surface area contributed by atoms with Crippen LogP contribution in [0.1, 0.15) is 22.2 Å². The highest BCUT2D eigenvalue weighted by atomic mass is 35.5. The van der Waals surface area contributed by atoms with E-state index >= 15 is 0 Å². The van der Waals surface area contributed by atoms with Crippen molar-refractivity contribution < 1.29 is 4.42 Å². The number of halogens is 1. The van der Waals surface area contributed by atoms with Crippen LogP contribution in [-0.4, -0.2) is 0 Å². The van der Waals surface area contributed by atoms with Gasteiger partial charge in [-0.05, 0) is 25.1 Å². The fourth-order valence-corrected chi connectivity index (χ4v) is 2.38. The maximum Gasteiger partial charge on any atom is 0.101 e. The van der Waals surface area contributed by atoms with E-state index in [0.29, 0.717) is 0 Å². The van der Waals surface area contributed by atoms with Crippen LogP contribution in [0.2, 0.25) is 4.34 Å². The van der Waals surface area contributed by atoms with Crippen molar-refractivity contribution >= 4 is 22.9 Å². The summed E-state index contributed by atoms with van der Waals surface area (Å²) in [6.07, 6.45) is 1.69. The first-order valence-corrected chi connectivity index (χ1v) is 5.42. The Labute approximate surface area is 91.3 Å². The molecular weight excluding hydrogens is 218 g/mol. The second-order valence-corrected chi connectivity index (χ2v) is 4.86. The molecule has 0 amide bonds. The number of aryl methyl sites for hydroxylation is 1. The fourth-order valence-electron chi connectivity index (χ4n) is 1.29. The van der Waals surface area contributed by atoms with E-state index in [0.717, 1.165) is 20.5 Å². The number of thiophene rings is 1. The van der Waals surface area contributed by atoms with Gasteiger partial charge in [0.05, 0.1) is 16.6 Å². The Balaban J connectivity index is 2.28. The first-order chi connectivity index (χ1) is 6.66. The van der Waals surface area contributed by atoms with Gasteiger partial charge in [0.2, 0.25) is 0 Å². The molecule has 0 radical (unpaired) electrons. The lowest BCUT2D eigenvalue weighted by Crippen LogP contribution is -2.08. The lowest BCUT2D eigenvalue weighted by molar-refractivity contribution is 0.530. The highest BCUT2D eigenvalue weighted by molar-refractivity contribution is 7.16. The third kappa shape index (κ3) is 1.85. The number of furan rings is 1. The molecule has 0 aliphatic carbocycles. The Bertz CT molecular complexity index is 395. The quantitative estimate of drug-likeness (QED) is 0.855. The molecular formula is C10H10ClNOS. The van der Waals surface area contributed by atoms with Crippen LogP contribution in [0.25, 0.3) is 0 Å². The smallest absolute Gasteiger partial charge is 0.101 e. The van der Waals surface area contributed by atoms with Crippen molar-refractivity contribution in [1.29, 1.82) is 0 Å². The van der Waals surface area contributed by atoms with E-state index in [1.54, 1.807) is 6.26 Å². The highest BCUT2D eigenvalue weighted by Crippen LogP contribution is 2.29. The predicted octanol–water partition coefficient (Wildman–Crippen LogP) is 3.35. The molecule has 2 N–H and O–H groups in total. The van der Waals surface area contributed by atoms with Crippen LogP contribution in [0.5, 0.6) is 0 Å². The molecule has 0 aromatic carbocycles. The lowest BCUT2D eigenvalue weighted by atomic mass is 10.1. The summed E-state index contributed by atoms with van der Waals surface area (Å²) in [6.45, 7) is 1.90. The minimum atomic E-state index is -0.134. The van der Waals surface area contributed by atoms with Crippen LogP contribution < -0.4 is 5.73 Å². The molecule has 0 bridgehead atoms. The molecule has 74 valence electrons. The first kappa shape index (κ1) is 9.77. The van der Waals surface area contributed by atoms with Crippen LogP contribution in [0, 0.1) is 6.92 Å². The summed E-state index contributed by atoms with van der Waals surface area (Å²) in [5, 5.41) is 0. The third-order valence-electron chi connectivity index (χ3n) is 2.01. The molecule has 0 spiro atoms. The number of hydrogen-bond donors (Lipinski definition) is 1. The van der Waals surface area contributed by atoms with Crippen molar-refractivity contribution in [1.82, 2.24) is 0 Å². The zero-order chi connectivity index (χ0) is 10.1. The monoisotopic (exact) mass is 227 g/mol. The third-order valence-corrected chi connectivity index (χ3v) is 3.32. The van der Waals surface area contributed by atoms with E-state index in [1.807, 2.05) is 25.1 Å². The zero-order valence-electron chi connectivity index (χ0n) is 7.66. The van der Waals surface area contributed by atoms with Crippen LogP contribution >= 0.6 is 22.9 Å². The van der Waals surface area contributed by atoms with E-state index in [-0.39, 0.29) is 6.04 Å². The summed E-state index contributed by atoms with van der Waals surface area (Å²) in [5.41, 5.74) is 7.02. The first-order valence-electron chi connectivity index (χ1n) is 4.22. The Morgan fingerprint density at radius 3 is 2.79 bits per heavy atom. The van der Waals surface area contributed by atoms with Gasteiger partial charge in [-0.1, -0.05) is 11.6 Å². The van der Waals surface area contributed by atoms with Gasteiger partial charge in [-0.2, -0.15) is 0 Å². The second-order valence-electron chi connectivity index (χ2n) is 3.11. The largest absolute Gasteiger partial charge is 0.469 e. The molecule has 0 saturated heterocycles. The van der Waals surface area contributed by atoms with E-state index in [2.05, 4.69) is 0 Å². The van der Waals surface area contributed by atoms with E-state index in [9.17, 15) is 0 Å². The van der Waals surface area contributed by atoms with Crippen LogP contribution in [0.4, 0.5) is 0 Å². The van der Waals surface area contributed by atoms with E-state index < -0.39 is 0 Å². The number of hydrogen-bond acceptors (Lipinski definition) is 3. The van der Waals surface area contributed by atoms with Gasteiger partial charge in [0.15, 0.2) is 0 Å². The lowest BCUT2D eigenvalue weighted by Gasteiger charge is -2.04. The average molecular weight is 228 g/mol. The molecule has 2 rings (SSSR count). The summed E-state index contributed by atoms with van der Waals surface area (Å²) >= 11 is 7.34. The van der Waals surface area contributed by atoms with Gasteiger partial charge in [0.25, 0.3) is 0 Å².